The molecule has 0 spiro atoms. The van der Waals surface area contributed by atoms with Crippen LogP contribution >= 0.6 is 0 Å². The first-order valence-electron chi connectivity index (χ1n) is 9.54. The van der Waals surface area contributed by atoms with Crippen LogP contribution in [0.3, 0.4) is 0 Å². The Labute approximate surface area is 170 Å². The van der Waals surface area contributed by atoms with E-state index in [1.54, 1.807) is 6.08 Å². The van der Waals surface area contributed by atoms with E-state index in [9.17, 15) is 4.79 Å². The van der Waals surface area contributed by atoms with Crippen LogP contribution in [0.2, 0.25) is 0 Å². The van der Waals surface area contributed by atoms with Crippen LogP contribution in [0.5, 0.6) is 0 Å². The molecule has 1 amide bonds. The second-order valence-corrected chi connectivity index (χ2v) is 7.21. The van der Waals surface area contributed by atoms with E-state index < -0.39 is 0 Å². The zero-order valence-electron chi connectivity index (χ0n) is 16.2. The van der Waals surface area contributed by atoms with E-state index in [4.69, 9.17) is 5.26 Å². The molecule has 0 bridgehead atoms. The minimum absolute atomic E-state index is 0.0123. The van der Waals surface area contributed by atoms with Crippen LogP contribution in [-0.4, -0.2) is 25.2 Å². The number of amides is 1. The van der Waals surface area contributed by atoms with Gasteiger partial charge in [0.25, 0.3) is 5.91 Å². The monoisotopic (exact) mass is 382 g/mol. The van der Waals surface area contributed by atoms with Crippen LogP contribution in [-0.2, 0) is 0 Å². The summed E-state index contributed by atoms with van der Waals surface area (Å²) in [7, 11) is 2.01. The molecular weight excluding hydrogens is 360 g/mol. The van der Waals surface area contributed by atoms with E-state index in [-0.39, 0.29) is 18.1 Å². The van der Waals surface area contributed by atoms with Crippen molar-refractivity contribution in [1.29, 1.82) is 5.26 Å². The molecule has 2 aliphatic rings. The summed E-state index contributed by atoms with van der Waals surface area (Å²) in [5.74, 6) is -0.0836. The van der Waals surface area contributed by atoms with Gasteiger partial charge in [-0.05, 0) is 47.9 Å². The predicted molar refractivity (Wildman–Crippen MR) is 117 cm³/mol. The minimum atomic E-state index is -0.0836. The number of hydrogen-bond donors (Lipinski definition) is 2. The van der Waals surface area contributed by atoms with Crippen LogP contribution in [0.4, 0.5) is 11.4 Å². The van der Waals surface area contributed by atoms with Crippen molar-refractivity contribution in [1.82, 2.24) is 5.32 Å². The Hall–Kier alpha value is -3.78. The first-order valence-corrected chi connectivity index (χ1v) is 9.54. The Morgan fingerprint density at radius 1 is 1.31 bits per heavy atom. The van der Waals surface area contributed by atoms with Crippen molar-refractivity contribution in [2.75, 3.05) is 17.3 Å². The molecule has 29 heavy (non-hydrogen) atoms. The van der Waals surface area contributed by atoms with Crippen molar-refractivity contribution in [3.8, 4) is 6.07 Å². The van der Waals surface area contributed by atoms with Gasteiger partial charge in [0, 0.05) is 12.6 Å². The number of likely N-dealkylation sites (N-methyl/N-ethyl adjacent to an activating group) is 1. The summed E-state index contributed by atoms with van der Waals surface area (Å²) in [6.07, 6.45) is 8.74. The fourth-order valence-corrected chi connectivity index (χ4v) is 3.67. The summed E-state index contributed by atoms with van der Waals surface area (Å²) >= 11 is 0. The van der Waals surface area contributed by atoms with Crippen molar-refractivity contribution in [2.24, 2.45) is 0 Å². The van der Waals surface area contributed by atoms with Gasteiger partial charge in [-0.1, -0.05) is 43.0 Å². The summed E-state index contributed by atoms with van der Waals surface area (Å²) < 4.78 is 0. The van der Waals surface area contributed by atoms with Gasteiger partial charge < -0.3 is 15.5 Å². The molecule has 0 saturated carbocycles. The fourth-order valence-electron chi connectivity index (χ4n) is 3.67. The molecule has 0 saturated heterocycles. The Balaban J connectivity index is 1.40. The molecule has 1 heterocycles. The highest BCUT2D eigenvalue weighted by Gasteiger charge is 2.29. The maximum Gasteiger partial charge on any atom is 0.251 e. The lowest BCUT2D eigenvalue weighted by molar-refractivity contribution is 0.0944. The Kier molecular flexibility index (Phi) is 4.92. The molecule has 4 rings (SSSR count). The number of carbonyl (C=O) groups excluding carboxylic acids is 1. The molecule has 2 unspecified atom stereocenters. The third-order valence-corrected chi connectivity index (χ3v) is 5.36. The lowest BCUT2D eigenvalue weighted by Crippen LogP contribution is -2.37. The molecule has 5 heteroatoms. The topological polar surface area (TPSA) is 68.2 Å². The van der Waals surface area contributed by atoms with Gasteiger partial charge in [0.2, 0.25) is 0 Å². The van der Waals surface area contributed by atoms with Gasteiger partial charge >= 0.3 is 0 Å². The SMILES string of the molecule is C=Cc1ccc(C(=O)NC2C=CC(C3Nc4ccc(C#N)cc4N3C)=CC2)cc1. The first kappa shape index (κ1) is 18.6. The molecule has 0 fully saturated rings. The number of carbonyl (C=O) groups is 1. The molecule has 1 aliphatic heterocycles. The number of anilines is 2. The normalized spacial score (nSPS) is 19.6. The Morgan fingerprint density at radius 3 is 2.76 bits per heavy atom. The number of hydrogen-bond acceptors (Lipinski definition) is 4. The van der Waals surface area contributed by atoms with Gasteiger partial charge in [-0.25, -0.2) is 0 Å². The Morgan fingerprint density at radius 2 is 2.10 bits per heavy atom. The average molecular weight is 382 g/mol. The molecule has 5 nitrogen and oxygen atoms in total. The standard InChI is InChI=1S/C24H22N4O/c1-3-16-4-7-19(8-5-16)24(29)26-20-11-9-18(10-12-20)23-27-21-13-6-17(15-25)14-22(21)28(23)2/h3-11,13-14,20,23,27H,1,12H2,2H3,(H,26,29). The van der Waals surface area contributed by atoms with Crippen molar-refractivity contribution in [3.63, 3.8) is 0 Å². The summed E-state index contributed by atoms with van der Waals surface area (Å²) in [6, 6.07) is 15.2. The van der Waals surface area contributed by atoms with E-state index >= 15 is 0 Å². The number of rotatable bonds is 4. The predicted octanol–water partition coefficient (Wildman–Crippen LogP) is 4.07. The van der Waals surface area contributed by atoms with Crippen LogP contribution in [0.1, 0.15) is 27.9 Å². The highest BCUT2D eigenvalue weighted by Crippen LogP contribution is 2.37. The third-order valence-electron chi connectivity index (χ3n) is 5.36. The lowest BCUT2D eigenvalue weighted by atomic mass is 10.00. The Bertz CT molecular complexity index is 1060. The van der Waals surface area contributed by atoms with E-state index in [0.29, 0.717) is 11.1 Å². The van der Waals surface area contributed by atoms with Crippen molar-refractivity contribution >= 4 is 23.4 Å². The zero-order chi connectivity index (χ0) is 20.4. The summed E-state index contributed by atoms with van der Waals surface area (Å²) in [4.78, 5) is 14.6. The van der Waals surface area contributed by atoms with E-state index in [2.05, 4.69) is 40.3 Å². The van der Waals surface area contributed by atoms with Gasteiger partial charge in [-0.3, -0.25) is 4.79 Å². The third kappa shape index (κ3) is 3.65. The smallest absolute Gasteiger partial charge is 0.251 e. The summed E-state index contributed by atoms with van der Waals surface area (Å²) in [5.41, 5.74) is 5.45. The molecule has 2 atom stereocenters. The highest BCUT2D eigenvalue weighted by atomic mass is 16.1. The number of nitrogens with zero attached hydrogens (tertiary/aromatic N) is 2. The number of nitrogens with one attached hydrogen (secondary N) is 2. The van der Waals surface area contributed by atoms with E-state index in [0.717, 1.165) is 28.9 Å². The van der Waals surface area contributed by atoms with E-state index in [1.807, 2.05) is 55.6 Å². The zero-order valence-corrected chi connectivity index (χ0v) is 16.2. The minimum Gasteiger partial charge on any atom is -0.360 e. The molecular formula is C24H22N4O. The molecule has 0 aromatic heterocycles. The molecule has 144 valence electrons. The van der Waals surface area contributed by atoms with Crippen LogP contribution < -0.4 is 15.5 Å². The van der Waals surface area contributed by atoms with Crippen LogP contribution in [0.15, 0.2) is 72.8 Å². The largest absolute Gasteiger partial charge is 0.360 e. The molecule has 2 aromatic carbocycles. The van der Waals surface area contributed by atoms with Crippen molar-refractivity contribution in [2.45, 2.75) is 18.6 Å². The van der Waals surface area contributed by atoms with Crippen molar-refractivity contribution in [3.05, 3.63) is 89.5 Å². The molecule has 2 aromatic rings. The summed E-state index contributed by atoms with van der Waals surface area (Å²) in [6.45, 7) is 3.73. The maximum atomic E-state index is 12.5. The van der Waals surface area contributed by atoms with Crippen LogP contribution in [0.25, 0.3) is 6.08 Å². The maximum absolute atomic E-state index is 12.5. The first-order chi connectivity index (χ1) is 14.1. The lowest BCUT2D eigenvalue weighted by Gasteiger charge is -2.26. The molecule has 0 radical (unpaired) electrons. The van der Waals surface area contributed by atoms with Crippen molar-refractivity contribution < 1.29 is 4.79 Å². The van der Waals surface area contributed by atoms with Gasteiger partial charge in [-0.2, -0.15) is 5.26 Å². The molecule has 1 aliphatic carbocycles. The fraction of sp³-hybridized carbons (Fsp3) is 0.167. The van der Waals surface area contributed by atoms with E-state index in [1.165, 1.54) is 0 Å². The van der Waals surface area contributed by atoms with Gasteiger partial charge in [0.15, 0.2) is 0 Å². The van der Waals surface area contributed by atoms with Gasteiger partial charge in [0.05, 0.1) is 29.0 Å². The number of benzene rings is 2. The number of fused-ring (bicyclic) bond motifs is 1. The molecule has 2 N–H and O–H groups in total. The average Bonchev–Trinajstić information content (AvgIpc) is 3.10. The van der Waals surface area contributed by atoms with Gasteiger partial charge in [-0.15, -0.1) is 0 Å². The number of nitriles is 1. The highest BCUT2D eigenvalue weighted by molar-refractivity contribution is 5.94. The van der Waals surface area contributed by atoms with Crippen LogP contribution in [0, 0.1) is 11.3 Å². The second-order valence-electron chi connectivity index (χ2n) is 7.21. The van der Waals surface area contributed by atoms with Gasteiger partial charge in [0.1, 0.15) is 6.17 Å². The summed E-state index contributed by atoms with van der Waals surface area (Å²) in [5, 5.41) is 15.7. The second kappa shape index (κ2) is 7.69. The quantitative estimate of drug-likeness (QED) is 0.836.